The van der Waals surface area contributed by atoms with E-state index < -0.39 is 29.7 Å². The third-order valence-electron chi connectivity index (χ3n) is 12.5. The highest BCUT2D eigenvalue weighted by Gasteiger charge is 2.33. The van der Waals surface area contributed by atoms with Gasteiger partial charge in [0.1, 0.15) is 40.4 Å². The summed E-state index contributed by atoms with van der Waals surface area (Å²) in [6.45, 7) is 6.91. The molecule has 0 unspecified atom stereocenters. The summed E-state index contributed by atoms with van der Waals surface area (Å²) in [4.78, 5) is 88.3. The first kappa shape index (κ1) is 49.3. The van der Waals surface area contributed by atoms with Crippen molar-refractivity contribution >= 4 is 69.3 Å². The van der Waals surface area contributed by atoms with Crippen molar-refractivity contribution in [1.82, 2.24) is 9.97 Å². The third kappa shape index (κ3) is 12.9. The Labute approximate surface area is 413 Å². The first-order valence-corrected chi connectivity index (χ1v) is 25.2. The number of rotatable bonds is 19. The number of benzene rings is 3. The highest BCUT2D eigenvalue weighted by atomic mass is 32.1. The van der Waals surface area contributed by atoms with Crippen molar-refractivity contribution in [1.29, 1.82) is 0 Å². The Kier molecular flexibility index (Phi) is 16.5. The average molecular weight is 981 g/mol. The van der Waals surface area contributed by atoms with E-state index in [4.69, 9.17) is 33.7 Å². The van der Waals surface area contributed by atoms with Gasteiger partial charge in [-0.1, -0.05) is 61.7 Å². The van der Waals surface area contributed by atoms with E-state index >= 15 is 0 Å². The minimum absolute atomic E-state index is 0.0514. The molecule has 3 aromatic heterocycles. The Balaban J connectivity index is 0.887. The lowest BCUT2D eigenvalue weighted by Crippen LogP contribution is -2.30. The maximum atomic E-state index is 13.8. The summed E-state index contributed by atoms with van der Waals surface area (Å²) in [5.74, 6) is -2.23. The van der Waals surface area contributed by atoms with E-state index in [1.807, 2.05) is 59.3 Å². The Hall–Kier alpha value is -7.10. The van der Waals surface area contributed by atoms with E-state index in [9.17, 15) is 28.8 Å². The third-order valence-corrected chi connectivity index (χ3v) is 14.2. The molecule has 2 fully saturated rings. The first-order chi connectivity index (χ1) is 34.0. The van der Waals surface area contributed by atoms with E-state index in [0.717, 1.165) is 32.5 Å². The van der Waals surface area contributed by atoms with Crippen molar-refractivity contribution < 1.29 is 52.5 Å². The number of aromatic nitrogens is 2. The fraction of sp³-hybridized carbons (Fsp3) is 0.309. The molecule has 2 aliphatic carbocycles. The topological polar surface area (TPSA) is 174 Å². The molecule has 13 nitrogen and oxygen atoms in total. The predicted octanol–water partition coefficient (Wildman–Crippen LogP) is 10.8. The quantitative estimate of drug-likeness (QED) is 0.0426. The number of aryl methyl sites for hydroxylation is 2. The van der Waals surface area contributed by atoms with Crippen LogP contribution < -0.4 is 14.2 Å². The molecule has 0 bridgehead atoms. The number of hydrogen-bond donors (Lipinski definition) is 0. The molecule has 360 valence electrons. The highest BCUT2D eigenvalue weighted by Crippen LogP contribution is 2.41. The van der Waals surface area contributed by atoms with Gasteiger partial charge in [0.15, 0.2) is 17.3 Å². The largest absolute Gasteiger partial charge is 0.462 e. The van der Waals surface area contributed by atoms with Gasteiger partial charge in [-0.05, 0) is 134 Å². The van der Waals surface area contributed by atoms with Crippen LogP contribution in [0.25, 0.3) is 32.2 Å². The molecule has 3 heterocycles. The second-order valence-corrected chi connectivity index (χ2v) is 19.2. The number of carbonyl (C=O) groups is 6. The van der Waals surface area contributed by atoms with Gasteiger partial charge < -0.3 is 23.7 Å². The van der Waals surface area contributed by atoms with E-state index in [1.165, 1.54) is 28.7 Å². The van der Waals surface area contributed by atoms with Crippen LogP contribution in [0.3, 0.4) is 0 Å². The number of ketones is 1. The number of thiophene rings is 2. The second kappa shape index (κ2) is 23.5. The van der Waals surface area contributed by atoms with Gasteiger partial charge in [-0.2, -0.15) is 0 Å². The van der Waals surface area contributed by atoms with E-state index in [-0.39, 0.29) is 71.7 Å². The number of hydrogen-bond acceptors (Lipinski definition) is 15. The fourth-order valence-electron chi connectivity index (χ4n) is 8.60. The molecule has 0 radical (unpaired) electrons. The van der Waals surface area contributed by atoms with Gasteiger partial charge in [0.05, 0.1) is 21.6 Å². The fourth-order valence-corrected chi connectivity index (χ4v) is 10.0. The van der Waals surface area contributed by atoms with Crippen molar-refractivity contribution in [2.24, 2.45) is 11.8 Å². The van der Waals surface area contributed by atoms with Crippen molar-refractivity contribution in [3.8, 4) is 38.4 Å². The zero-order valence-electron chi connectivity index (χ0n) is 38.5. The van der Waals surface area contributed by atoms with Crippen molar-refractivity contribution in [2.75, 3.05) is 0 Å². The van der Waals surface area contributed by atoms with E-state index in [2.05, 4.69) is 13.2 Å². The molecular weight excluding hydrogens is 929 g/mol. The van der Waals surface area contributed by atoms with Crippen LogP contribution in [-0.4, -0.2) is 57.8 Å². The lowest BCUT2D eigenvalue weighted by atomic mass is 9.87. The van der Waals surface area contributed by atoms with Crippen LogP contribution in [0, 0.1) is 11.8 Å². The van der Waals surface area contributed by atoms with Crippen LogP contribution in [0.4, 0.5) is 0 Å². The molecule has 70 heavy (non-hydrogen) atoms. The molecule has 0 saturated heterocycles. The number of carbonyl (C=O) groups excluding carboxylic acids is 6. The standard InChI is InChI=1S/C55H52N2O11S2/c1-3-39(58)33-36-11-9-34(10-12-36)15-29-48(60)65-41-23-17-37(18-24-41)54(62)67-43-27-28-44(51-50(43)56-52(45-7-5-31-69-45)53(57-51)46-8-6-32-70-46)68-55(63)38-19-25-42(26-20-38)66-49(61)30-16-35-13-21-40(22-14-35)64-47(59)4-2/h3-14,21-22,27-28,31-32,37-38,41-42H,1-2,15-20,23-26,29-30,33H2. The minimum Gasteiger partial charge on any atom is -0.462 e. The first-order valence-electron chi connectivity index (χ1n) is 23.4. The highest BCUT2D eigenvalue weighted by molar-refractivity contribution is 7.14. The van der Waals surface area contributed by atoms with E-state index in [1.54, 1.807) is 36.4 Å². The normalized spacial score (nSPS) is 17.7. The number of esters is 5. The lowest BCUT2D eigenvalue weighted by molar-refractivity contribution is -0.153. The Morgan fingerprint density at radius 3 is 1.40 bits per heavy atom. The molecular formula is C55H52N2O11S2. The van der Waals surface area contributed by atoms with E-state index in [0.29, 0.717) is 81.3 Å². The minimum atomic E-state index is -0.550. The van der Waals surface area contributed by atoms with Crippen molar-refractivity contribution in [2.45, 2.75) is 95.7 Å². The van der Waals surface area contributed by atoms with Gasteiger partial charge in [0.25, 0.3) is 0 Å². The average Bonchev–Trinajstić information content (AvgIpc) is 4.13. The number of ether oxygens (including phenoxy) is 5. The van der Waals surface area contributed by atoms with Crippen LogP contribution in [0.15, 0.2) is 121 Å². The molecule has 2 saturated carbocycles. The van der Waals surface area contributed by atoms with Gasteiger partial charge in [-0.3, -0.25) is 24.0 Å². The van der Waals surface area contributed by atoms with Gasteiger partial charge in [-0.25, -0.2) is 14.8 Å². The zero-order valence-corrected chi connectivity index (χ0v) is 40.1. The van der Waals surface area contributed by atoms with Crippen LogP contribution in [-0.2, 0) is 57.5 Å². The Morgan fingerprint density at radius 2 is 0.986 bits per heavy atom. The van der Waals surface area contributed by atoms with Crippen molar-refractivity contribution in [3.05, 3.63) is 138 Å². The molecule has 2 aliphatic rings. The molecule has 0 N–H and O–H groups in total. The number of allylic oxidation sites excluding steroid dienone is 1. The summed E-state index contributed by atoms with van der Waals surface area (Å²) in [7, 11) is 0. The van der Waals surface area contributed by atoms with Gasteiger partial charge in [0.2, 0.25) is 0 Å². The summed E-state index contributed by atoms with van der Waals surface area (Å²) in [6, 6.07) is 25.4. The summed E-state index contributed by atoms with van der Waals surface area (Å²) in [6.07, 6.45) is 7.29. The molecule has 8 rings (SSSR count). The van der Waals surface area contributed by atoms with Gasteiger partial charge in [0, 0.05) is 25.3 Å². The molecule has 0 spiro atoms. The van der Waals surface area contributed by atoms with Gasteiger partial charge in [-0.15, -0.1) is 22.7 Å². The molecule has 15 heteroatoms. The van der Waals surface area contributed by atoms with Crippen LogP contribution in [0.5, 0.6) is 17.2 Å². The number of nitrogens with zero attached hydrogens (tertiary/aromatic N) is 2. The molecule has 6 aromatic rings. The van der Waals surface area contributed by atoms with Crippen LogP contribution >= 0.6 is 22.7 Å². The van der Waals surface area contributed by atoms with Gasteiger partial charge >= 0.3 is 29.8 Å². The predicted molar refractivity (Wildman–Crippen MR) is 265 cm³/mol. The lowest BCUT2D eigenvalue weighted by Gasteiger charge is -2.27. The summed E-state index contributed by atoms with van der Waals surface area (Å²) < 4.78 is 28.9. The maximum Gasteiger partial charge on any atom is 0.335 e. The maximum absolute atomic E-state index is 13.8. The van der Waals surface area contributed by atoms with Crippen molar-refractivity contribution in [3.63, 3.8) is 0 Å². The summed E-state index contributed by atoms with van der Waals surface area (Å²) in [5.41, 5.74) is 4.49. The molecule has 0 atom stereocenters. The van der Waals surface area contributed by atoms with Crippen LogP contribution in [0.1, 0.15) is 80.9 Å². The van der Waals surface area contributed by atoms with Crippen LogP contribution in [0.2, 0.25) is 0 Å². The smallest absolute Gasteiger partial charge is 0.335 e. The molecule has 0 amide bonds. The Bertz CT molecular complexity index is 2650. The molecule has 0 aliphatic heterocycles. The Morgan fingerprint density at radius 1 is 0.543 bits per heavy atom. The number of fused-ring (bicyclic) bond motifs is 1. The summed E-state index contributed by atoms with van der Waals surface area (Å²) >= 11 is 3.00. The second-order valence-electron chi connectivity index (χ2n) is 17.3. The zero-order chi connectivity index (χ0) is 49.0. The SMILES string of the molecule is C=CC(=O)Cc1ccc(CCC(=O)OC2CCC(C(=O)Oc3ccc(OC(=O)C4CCC(OC(=O)CCc5ccc(OC(=O)C=C)cc5)CC4)c4nc(-c5cccs5)c(-c5cccs5)nc34)CC2)cc1. The monoisotopic (exact) mass is 980 g/mol. The molecule has 3 aromatic carbocycles. The summed E-state index contributed by atoms with van der Waals surface area (Å²) in [5, 5.41) is 3.90.